The van der Waals surface area contributed by atoms with Gasteiger partial charge in [0.05, 0.1) is 0 Å². The smallest absolute Gasteiger partial charge is 0.00703 e. The number of thioether (sulfide) groups is 1. The Balaban J connectivity index is 3.44. The number of unbranched alkanes of at least 4 members (excludes halogenated alkanes) is 4. The molecule has 0 aliphatic carbocycles. The minimum atomic E-state index is 0.903. The maximum atomic E-state index is 2.31. The van der Waals surface area contributed by atoms with Gasteiger partial charge in [-0.3, -0.25) is 0 Å². The van der Waals surface area contributed by atoms with Gasteiger partial charge in [0.1, 0.15) is 0 Å². The van der Waals surface area contributed by atoms with Gasteiger partial charge in [-0.2, -0.15) is 11.8 Å². The predicted octanol–water partition coefficient (Wildman–Crippen LogP) is 5.72. The van der Waals surface area contributed by atoms with E-state index in [1.54, 1.807) is 5.92 Å². The quantitative estimate of drug-likeness (QED) is 0.418. The van der Waals surface area contributed by atoms with Gasteiger partial charge in [0.15, 0.2) is 0 Å². The van der Waals surface area contributed by atoms with E-state index in [1.165, 1.54) is 57.1 Å². The molecule has 97 valence electrons. The Morgan fingerprint density at radius 1 is 0.938 bits per heavy atom. The van der Waals surface area contributed by atoms with Crippen LogP contribution in [0.25, 0.3) is 0 Å². The Hall–Kier alpha value is 0.350. The highest BCUT2D eigenvalue weighted by atomic mass is 32.2. The zero-order valence-electron chi connectivity index (χ0n) is 11.8. The van der Waals surface area contributed by atoms with Crippen LogP contribution in [0.2, 0.25) is 0 Å². The third kappa shape index (κ3) is 9.57. The molecule has 0 bridgehead atoms. The molecular weight excluding hydrogens is 212 g/mol. The highest BCUT2D eigenvalue weighted by molar-refractivity contribution is 7.98. The van der Waals surface area contributed by atoms with E-state index in [0.717, 1.165) is 5.92 Å². The van der Waals surface area contributed by atoms with Gasteiger partial charge in [-0.15, -0.1) is 0 Å². The van der Waals surface area contributed by atoms with Crippen LogP contribution in [0.15, 0.2) is 0 Å². The lowest BCUT2D eigenvalue weighted by Gasteiger charge is -2.20. The van der Waals surface area contributed by atoms with Crippen LogP contribution in [0.3, 0.4) is 0 Å². The van der Waals surface area contributed by atoms with E-state index in [1.807, 2.05) is 11.8 Å². The van der Waals surface area contributed by atoms with Gasteiger partial charge >= 0.3 is 0 Å². The Morgan fingerprint density at radius 2 is 1.56 bits per heavy atom. The molecule has 0 fully saturated rings. The summed E-state index contributed by atoms with van der Waals surface area (Å²) in [6.45, 7) is 6.92. The van der Waals surface area contributed by atoms with Crippen molar-refractivity contribution in [2.75, 3.05) is 12.0 Å². The third-order valence-electron chi connectivity index (χ3n) is 3.37. The molecule has 0 aromatic heterocycles. The van der Waals surface area contributed by atoms with E-state index in [4.69, 9.17) is 0 Å². The highest BCUT2D eigenvalue weighted by Gasteiger charge is 2.12. The van der Waals surface area contributed by atoms with Crippen molar-refractivity contribution < 1.29 is 0 Å². The molecule has 1 unspecified atom stereocenters. The summed E-state index contributed by atoms with van der Waals surface area (Å²) in [5, 5.41) is 0. The van der Waals surface area contributed by atoms with Crippen LogP contribution in [0.5, 0.6) is 0 Å². The molecule has 0 rings (SSSR count). The minimum absolute atomic E-state index is 0.903. The van der Waals surface area contributed by atoms with Crippen molar-refractivity contribution in [1.29, 1.82) is 0 Å². The van der Waals surface area contributed by atoms with Gasteiger partial charge in [-0.25, -0.2) is 0 Å². The summed E-state index contributed by atoms with van der Waals surface area (Å²) in [5.41, 5.74) is 0. The first kappa shape index (κ1) is 16.4. The van der Waals surface area contributed by atoms with Gasteiger partial charge in [0.25, 0.3) is 0 Å². The maximum Gasteiger partial charge on any atom is -0.00703 e. The Labute approximate surface area is 108 Å². The van der Waals surface area contributed by atoms with Crippen LogP contribution in [-0.2, 0) is 0 Å². The van der Waals surface area contributed by atoms with Crippen LogP contribution < -0.4 is 0 Å². The van der Waals surface area contributed by atoms with Gasteiger partial charge in [0.2, 0.25) is 0 Å². The number of rotatable bonds is 11. The highest BCUT2D eigenvalue weighted by Crippen LogP contribution is 2.25. The normalized spacial score (nSPS) is 13.3. The van der Waals surface area contributed by atoms with Gasteiger partial charge in [-0.05, 0) is 43.1 Å². The van der Waals surface area contributed by atoms with E-state index < -0.39 is 0 Å². The molecular formula is C15H31S. The minimum Gasteiger partial charge on any atom is -0.165 e. The predicted molar refractivity (Wildman–Crippen MR) is 79.1 cm³/mol. The van der Waals surface area contributed by atoms with Crippen LogP contribution in [0.1, 0.15) is 72.1 Å². The summed E-state index contributed by atoms with van der Waals surface area (Å²) in [6, 6.07) is 0. The molecule has 1 atom stereocenters. The molecule has 16 heavy (non-hydrogen) atoms. The van der Waals surface area contributed by atoms with Crippen molar-refractivity contribution in [1.82, 2.24) is 0 Å². The first-order valence-corrected chi connectivity index (χ1v) is 8.40. The fourth-order valence-electron chi connectivity index (χ4n) is 2.16. The average molecular weight is 243 g/mol. The summed E-state index contributed by atoms with van der Waals surface area (Å²) in [5.74, 6) is 3.90. The van der Waals surface area contributed by atoms with Crippen molar-refractivity contribution in [2.45, 2.75) is 72.1 Å². The standard InChI is InChI=1S/C15H31S/c1-5-6-11-15(14(2)3)12-9-7-8-10-13-16-4/h15H,5-13H2,1-4H3. The van der Waals surface area contributed by atoms with Crippen LogP contribution in [-0.4, -0.2) is 12.0 Å². The molecule has 0 nitrogen and oxygen atoms in total. The topological polar surface area (TPSA) is 0 Å². The van der Waals surface area contributed by atoms with Gasteiger partial charge in [-0.1, -0.05) is 52.9 Å². The van der Waals surface area contributed by atoms with E-state index >= 15 is 0 Å². The first-order chi connectivity index (χ1) is 7.72. The molecule has 0 N–H and O–H groups in total. The van der Waals surface area contributed by atoms with Crippen molar-refractivity contribution >= 4 is 11.8 Å². The molecule has 0 aromatic rings. The van der Waals surface area contributed by atoms with Crippen molar-refractivity contribution in [3.05, 3.63) is 5.92 Å². The molecule has 1 radical (unpaired) electrons. The molecule has 1 heteroatoms. The maximum absolute atomic E-state index is 2.31. The molecule has 0 spiro atoms. The Morgan fingerprint density at radius 3 is 2.12 bits per heavy atom. The van der Waals surface area contributed by atoms with E-state index in [2.05, 4.69) is 27.0 Å². The molecule has 0 saturated heterocycles. The third-order valence-corrected chi connectivity index (χ3v) is 4.07. The number of hydrogen-bond acceptors (Lipinski definition) is 1. The molecule has 0 amide bonds. The largest absolute Gasteiger partial charge is 0.165 e. The average Bonchev–Trinajstić information content (AvgIpc) is 2.26. The number of hydrogen-bond donors (Lipinski definition) is 0. The second-order valence-corrected chi connectivity index (χ2v) is 6.10. The van der Waals surface area contributed by atoms with Crippen molar-refractivity contribution in [3.63, 3.8) is 0 Å². The van der Waals surface area contributed by atoms with Crippen molar-refractivity contribution in [2.24, 2.45) is 5.92 Å². The summed E-state index contributed by atoms with van der Waals surface area (Å²) in [6.07, 6.45) is 13.5. The second kappa shape index (κ2) is 11.8. The Kier molecular flexibility index (Phi) is 12.1. The molecule has 0 aromatic carbocycles. The molecule has 0 aliphatic rings. The lowest BCUT2D eigenvalue weighted by molar-refractivity contribution is 0.427. The second-order valence-electron chi connectivity index (χ2n) is 5.11. The lowest BCUT2D eigenvalue weighted by Crippen LogP contribution is -2.06. The monoisotopic (exact) mass is 243 g/mol. The summed E-state index contributed by atoms with van der Waals surface area (Å²) >= 11 is 1.98. The molecule has 0 heterocycles. The first-order valence-electron chi connectivity index (χ1n) is 7.01. The van der Waals surface area contributed by atoms with Crippen LogP contribution in [0, 0.1) is 11.8 Å². The SMILES string of the molecule is CCCCC(CCCCCCSC)[C](C)C. The Bertz CT molecular complexity index is 131. The zero-order valence-corrected chi connectivity index (χ0v) is 12.7. The van der Waals surface area contributed by atoms with Crippen LogP contribution in [0.4, 0.5) is 0 Å². The summed E-state index contributed by atoms with van der Waals surface area (Å²) in [7, 11) is 0. The lowest BCUT2D eigenvalue weighted by atomic mass is 9.86. The van der Waals surface area contributed by atoms with Crippen LogP contribution >= 0.6 is 11.8 Å². The van der Waals surface area contributed by atoms with E-state index in [0.29, 0.717) is 0 Å². The molecule has 0 aliphatic heterocycles. The van der Waals surface area contributed by atoms with Crippen molar-refractivity contribution in [3.8, 4) is 0 Å². The van der Waals surface area contributed by atoms with Gasteiger partial charge < -0.3 is 0 Å². The van der Waals surface area contributed by atoms with E-state index in [9.17, 15) is 0 Å². The fourth-order valence-corrected chi connectivity index (χ4v) is 2.66. The fraction of sp³-hybridized carbons (Fsp3) is 0.933. The van der Waals surface area contributed by atoms with E-state index in [-0.39, 0.29) is 0 Å². The summed E-state index contributed by atoms with van der Waals surface area (Å²) in [4.78, 5) is 0. The zero-order chi connectivity index (χ0) is 12.2. The summed E-state index contributed by atoms with van der Waals surface area (Å²) < 4.78 is 0. The van der Waals surface area contributed by atoms with Gasteiger partial charge in [0, 0.05) is 0 Å². The molecule has 0 saturated carbocycles.